The normalized spacial score (nSPS) is 12.0. The Kier molecular flexibility index (Phi) is 6.43. The summed E-state index contributed by atoms with van der Waals surface area (Å²) >= 11 is 0. The molecular weight excluding hydrogens is 398 g/mol. The van der Waals surface area contributed by atoms with Crippen LogP contribution in [-0.4, -0.2) is 47.1 Å². The van der Waals surface area contributed by atoms with Crippen LogP contribution < -0.4 is 15.5 Å². The van der Waals surface area contributed by atoms with Crippen LogP contribution in [0.1, 0.15) is 15.9 Å². The zero-order chi connectivity index (χ0) is 21.8. The van der Waals surface area contributed by atoms with Crippen molar-refractivity contribution in [3.05, 3.63) is 75.6 Å². The summed E-state index contributed by atoms with van der Waals surface area (Å²) in [7, 11) is 1.51. The van der Waals surface area contributed by atoms with Crippen molar-refractivity contribution in [1.82, 2.24) is 9.88 Å². The summed E-state index contributed by atoms with van der Waals surface area (Å²) in [6.45, 7) is -0.836. The van der Waals surface area contributed by atoms with E-state index in [-0.39, 0.29) is 18.6 Å². The van der Waals surface area contributed by atoms with Crippen molar-refractivity contribution in [3.63, 3.8) is 0 Å². The highest BCUT2D eigenvalue weighted by Gasteiger charge is 2.21. The highest BCUT2D eigenvalue weighted by atomic mass is 19.1. The highest BCUT2D eigenvalue weighted by molar-refractivity contribution is 5.97. The first-order valence-electron chi connectivity index (χ1n) is 9.07. The third-order valence-electron chi connectivity index (χ3n) is 4.59. The van der Waals surface area contributed by atoms with Gasteiger partial charge in [-0.1, -0.05) is 12.1 Å². The molecule has 0 radical (unpaired) electrons. The van der Waals surface area contributed by atoms with E-state index in [1.807, 2.05) is 0 Å². The number of carbonyl (C=O) groups excluding carboxylic acids is 1. The molecule has 30 heavy (non-hydrogen) atoms. The second-order valence-electron chi connectivity index (χ2n) is 6.65. The Balaban J connectivity index is 2.12. The number of aliphatic hydroxyl groups is 2. The Morgan fingerprint density at radius 2 is 1.83 bits per heavy atom. The zero-order valence-corrected chi connectivity index (χ0v) is 16.1. The fourth-order valence-corrected chi connectivity index (χ4v) is 3.04. The van der Waals surface area contributed by atoms with Gasteiger partial charge in [-0.3, -0.25) is 9.59 Å². The molecule has 0 bridgehead atoms. The average molecular weight is 418 g/mol. The van der Waals surface area contributed by atoms with Crippen molar-refractivity contribution in [3.8, 4) is 5.75 Å². The number of aliphatic hydroxyl groups excluding tert-OH is 2. The summed E-state index contributed by atoms with van der Waals surface area (Å²) in [5.74, 6) is -2.02. The van der Waals surface area contributed by atoms with Crippen LogP contribution in [-0.2, 0) is 6.54 Å². The molecule has 1 heterocycles. The fraction of sp³-hybridized carbons (Fsp3) is 0.238. The van der Waals surface area contributed by atoms with Gasteiger partial charge >= 0.3 is 0 Å². The zero-order valence-electron chi connectivity index (χ0n) is 16.1. The number of rotatable bonds is 7. The molecule has 0 saturated heterocycles. The maximum absolute atomic E-state index is 14.6. The smallest absolute Gasteiger partial charge is 0.256 e. The molecule has 1 atom stereocenters. The number of methoxy groups -OCH3 is 1. The molecule has 2 aromatic carbocycles. The molecule has 0 aliphatic heterocycles. The van der Waals surface area contributed by atoms with Crippen LogP contribution in [0.15, 0.2) is 47.4 Å². The van der Waals surface area contributed by atoms with E-state index in [0.717, 1.165) is 18.3 Å². The SMILES string of the molecule is COc1ccc(Cn2cc(C(=O)NCC(O)CO)c(=O)c3c(F)ccc(F)c32)cc1. The standard InChI is InChI=1S/C21H20F2N2O5/c1-30-14-4-2-12(3-5-14)9-25-10-15(21(29)24-8-13(27)11-26)20(28)18-16(22)6-7-17(23)19(18)25/h2-7,10,13,26-27H,8-9,11H2,1H3,(H,24,29). The van der Waals surface area contributed by atoms with Gasteiger partial charge in [-0.15, -0.1) is 0 Å². The van der Waals surface area contributed by atoms with Crippen LogP contribution in [0.4, 0.5) is 8.78 Å². The minimum Gasteiger partial charge on any atom is -0.497 e. The number of amides is 1. The average Bonchev–Trinajstić information content (AvgIpc) is 2.75. The Labute approximate surface area is 170 Å². The molecule has 3 rings (SSSR count). The van der Waals surface area contributed by atoms with Gasteiger partial charge in [0.1, 0.15) is 22.9 Å². The number of halogens is 2. The number of nitrogens with one attached hydrogen (secondary N) is 1. The number of benzene rings is 2. The second-order valence-corrected chi connectivity index (χ2v) is 6.65. The number of pyridine rings is 1. The molecule has 0 aliphatic carbocycles. The third kappa shape index (κ3) is 4.32. The van der Waals surface area contributed by atoms with Crippen LogP contribution in [0, 0.1) is 11.6 Å². The van der Waals surface area contributed by atoms with Gasteiger partial charge in [-0.05, 0) is 29.8 Å². The van der Waals surface area contributed by atoms with Crippen molar-refractivity contribution >= 4 is 16.8 Å². The molecule has 1 aromatic heterocycles. The van der Waals surface area contributed by atoms with Crippen molar-refractivity contribution in [2.45, 2.75) is 12.6 Å². The Morgan fingerprint density at radius 1 is 1.17 bits per heavy atom. The van der Waals surface area contributed by atoms with E-state index < -0.39 is 46.6 Å². The molecule has 0 saturated carbocycles. The van der Waals surface area contributed by atoms with Gasteiger partial charge < -0.3 is 24.8 Å². The highest BCUT2D eigenvalue weighted by Crippen LogP contribution is 2.21. The lowest BCUT2D eigenvalue weighted by molar-refractivity contribution is 0.0801. The van der Waals surface area contributed by atoms with Crippen LogP contribution in [0.2, 0.25) is 0 Å². The van der Waals surface area contributed by atoms with E-state index in [1.165, 1.54) is 11.7 Å². The largest absolute Gasteiger partial charge is 0.497 e. The van der Waals surface area contributed by atoms with Crippen LogP contribution >= 0.6 is 0 Å². The van der Waals surface area contributed by atoms with Gasteiger partial charge in [0.05, 0.1) is 30.7 Å². The molecule has 1 amide bonds. The summed E-state index contributed by atoms with van der Waals surface area (Å²) in [5, 5.41) is 20.0. The molecule has 0 aliphatic rings. The van der Waals surface area contributed by atoms with Crippen molar-refractivity contribution in [1.29, 1.82) is 0 Å². The van der Waals surface area contributed by atoms with Crippen LogP contribution in [0.5, 0.6) is 5.75 Å². The topological polar surface area (TPSA) is 101 Å². The molecular formula is C21H20F2N2O5. The predicted octanol–water partition coefficient (Wildman–Crippen LogP) is 1.42. The summed E-state index contributed by atoms with van der Waals surface area (Å²) in [6.07, 6.45) is -0.0666. The van der Waals surface area contributed by atoms with E-state index in [4.69, 9.17) is 9.84 Å². The minimum absolute atomic E-state index is 0.0562. The number of hydrogen-bond donors (Lipinski definition) is 3. The van der Waals surface area contributed by atoms with Gasteiger partial charge in [0.15, 0.2) is 0 Å². The first-order valence-corrected chi connectivity index (χ1v) is 9.07. The molecule has 9 heteroatoms. The molecule has 0 fully saturated rings. The molecule has 0 spiro atoms. The number of ether oxygens (including phenoxy) is 1. The van der Waals surface area contributed by atoms with Crippen LogP contribution in [0.3, 0.4) is 0 Å². The molecule has 7 nitrogen and oxygen atoms in total. The third-order valence-corrected chi connectivity index (χ3v) is 4.59. The Hall–Kier alpha value is -3.30. The first kappa shape index (κ1) is 21.4. The maximum Gasteiger partial charge on any atom is 0.256 e. The van der Waals surface area contributed by atoms with E-state index >= 15 is 0 Å². The summed E-state index contributed by atoms with van der Waals surface area (Å²) in [4.78, 5) is 25.2. The first-order chi connectivity index (χ1) is 14.3. The van der Waals surface area contributed by atoms with E-state index in [0.29, 0.717) is 11.3 Å². The minimum atomic E-state index is -1.22. The molecule has 3 N–H and O–H groups in total. The maximum atomic E-state index is 14.6. The quantitative estimate of drug-likeness (QED) is 0.539. The second kappa shape index (κ2) is 9.02. The van der Waals surface area contributed by atoms with Crippen LogP contribution in [0.25, 0.3) is 10.9 Å². The number of fused-ring (bicyclic) bond motifs is 1. The van der Waals surface area contributed by atoms with Gasteiger partial charge in [0, 0.05) is 19.3 Å². The lowest BCUT2D eigenvalue weighted by Crippen LogP contribution is -2.36. The van der Waals surface area contributed by atoms with Crippen molar-refractivity contribution < 1.29 is 28.5 Å². The number of nitrogens with zero attached hydrogens (tertiary/aromatic N) is 1. The molecule has 158 valence electrons. The lowest BCUT2D eigenvalue weighted by Gasteiger charge is -2.15. The van der Waals surface area contributed by atoms with E-state index in [9.17, 15) is 23.5 Å². The number of carbonyl (C=O) groups is 1. The molecule has 1 unspecified atom stereocenters. The number of aromatic nitrogens is 1. The predicted molar refractivity (Wildman–Crippen MR) is 106 cm³/mol. The monoisotopic (exact) mass is 418 g/mol. The number of hydrogen-bond acceptors (Lipinski definition) is 5. The van der Waals surface area contributed by atoms with E-state index in [1.54, 1.807) is 24.3 Å². The van der Waals surface area contributed by atoms with Gasteiger partial charge in [0.2, 0.25) is 5.43 Å². The Morgan fingerprint density at radius 3 is 2.47 bits per heavy atom. The summed E-state index contributed by atoms with van der Waals surface area (Å²) < 4.78 is 35.4. The molecule has 3 aromatic rings. The fourth-order valence-electron chi connectivity index (χ4n) is 3.04. The van der Waals surface area contributed by atoms with Crippen molar-refractivity contribution in [2.24, 2.45) is 0 Å². The van der Waals surface area contributed by atoms with Gasteiger partial charge in [-0.2, -0.15) is 0 Å². The lowest BCUT2D eigenvalue weighted by atomic mass is 10.1. The summed E-state index contributed by atoms with van der Waals surface area (Å²) in [6, 6.07) is 8.57. The Bertz CT molecular complexity index is 1130. The van der Waals surface area contributed by atoms with Crippen molar-refractivity contribution in [2.75, 3.05) is 20.3 Å². The van der Waals surface area contributed by atoms with Gasteiger partial charge in [-0.25, -0.2) is 8.78 Å². The van der Waals surface area contributed by atoms with Gasteiger partial charge in [0.25, 0.3) is 5.91 Å². The van der Waals surface area contributed by atoms with E-state index in [2.05, 4.69) is 5.32 Å². The summed E-state index contributed by atoms with van der Waals surface area (Å²) in [5.41, 5.74) is -0.941.